The molecule has 1 aliphatic carbocycles. The molecule has 100 valence electrons. The van der Waals surface area contributed by atoms with Crippen molar-refractivity contribution in [2.24, 2.45) is 0 Å². The highest BCUT2D eigenvalue weighted by molar-refractivity contribution is 5.21. The zero-order chi connectivity index (χ0) is 12.9. The summed E-state index contributed by atoms with van der Waals surface area (Å²) in [6.45, 7) is 5.73. The molecular formula is C17H22N2. The zero-order valence-corrected chi connectivity index (χ0v) is 11.5. The van der Waals surface area contributed by atoms with Gasteiger partial charge in [0.15, 0.2) is 0 Å². The van der Waals surface area contributed by atoms with Gasteiger partial charge in [-0.1, -0.05) is 42.5 Å². The Morgan fingerprint density at radius 1 is 0.895 bits per heavy atom. The van der Waals surface area contributed by atoms with Gasteiger partial charge in [-0.2, -0.15) is 0 Å². The Morgan fingerprint density at radius 3 is 2.37 bits per heavy atom. The number of rotatable bonds is 3. The molecule has 1 aromatic rings. The maximum Gasteiger partial charge on any atom is 0.0323 e. The SMILES string of the molecule is C1=CC(N2CCN(Cc3ccccc3)CC2)=CCC1. The van der Waals surface area contributed by atoms with Crippen molar-refractivity contribution in [3.8, 4) is 0 Å². The molecule has 1 fully saturated rings. The molecule has 2 aliphatic rings. The molecule has 1 saturated heterocycles. The molecular weight excluding hydrogens is 232 g/mol. The van der Waals surface area contributed by atoms with E-state index in [4.69, 9.17) is 0 Å². The fourth-order valence-corrected chi connectivity index (χ4v) is 2.84. The standard InChI is InChI=1S/C17H22N2/c1-3-7-16(8-4-1)15-18-11-13-19(14-12-18)17-9-5-2-6-10-17/h1,3-5,7-10H,2,6,11-15H2. The summed E-state index contributed by atoms with van der Waals surface area (Å²) in [5.41, 5.74) is 2.86. The van der Waals surface area contributed by atoms with Crippen LogP contribution in [0.25, 0.3) is 0 Å². The molecule has 0 atom stereocenters. The Morgan fingerprint density at radius 2 is 1.68 bits per heavy atom. The lowest BCUT2D eigenvalue weighted by Crippen LogP contribution is -2.45. The molecule has 2 heteroatoms. The number of piperazine rings is 1. The van der Waals surface area contributed by atoms with E-state index < -0.39 is 0 Å². The summed E-state index contributed by atoms with van der Waals surface area (Å²) in [5.74, 6) is 0. The van der Waals surface area contributed by atoms with Crippen LogP contribution in [0.3, 0.4) is 0 Å². The fraction of sp³-hybridized carbons (Fsp3) is 0.412. The first-order valence-corrected chi connectivity index (χ1v) is 7.30. The van der Waals surface area contributed by atoms with Crippen LogP contribution < -0.4 is 0 Å². The van der Waals surface area contributed by atoms with Crippen molar-refractivity contribution in [1.29, 1.82) is 0 Å². The maximum atomic E-state index is 2.55. The van der Waals surface area contributed by atoms with Crippen molar-refractivity contribution in [3.63, 3.8) is 0 Å². The predicted molar refractivity (Wildman–Crippen MR) is 79.7 cm³/mol. The Hall–Kier alpha value is -1.54. The zero-order valence-electron chi connectivity index (χ0n) is 11.5. The second-order valence-corrected chi connectivity index (χ2v) is 5.36. The average molecular weight is 254 g/mol. The topological polar surface area (TPSA) is 6.48 Å². The summed E-state index contributed by atoms with van der Waals surface area (Å²) in [7, 11) is 0. The molecule has 0 unspecified atom stereocenters. The van der Waals surface area contributed by atoms with Gasteiger partial charge >= 0.3 is 0 Å². The molecule has 0 saturated carbocycles. The van der Waals surface area contributed by atoms with E-state index in [0.717, 1.165) is 19.6 Å². The third-order valence-electron chi connectivity index (χ3n) is 3.96. The van der Waals surface area contributed by atoms with Gasteiger partial charge in [-0.3, -0.25) is 4.90 Å². The first-order valence-electron chi connectivity index (χ1n) is 7.30. The van der Waals surface area contributed by atoms with E-state index in [1.54, 1.807) is 0 Å². The quantitative estimate of drug-likeness (QED) is 0.818. The van der Waals surface area contributed by atoms with Crippen LogP contribution in [-0.2, 0) is 6.54 Å². The molecule has 0 amide bonds. The minimum atomic E-state index is 1.09. The lowest BCUT2D eigenvalue weighted by molar-refractivity contribution is 0.155. The van der Waals surface area contributed by atoms with Crippen molar-refractivity contribution < 1.29 is 0 Å². The van der Waals surface area contributed by atoms with E-state index in [9.17, 15) is 0 Å². The molecule has 0 bridgehead atoms. The highest BCUT2D eigenvalue weighted by Crippen LogP contribution is 2.17. The van der Waals surface area contributed by atoms with E-state index in [0.29, 0.717) is 0 Å². The van der Waals surface area contributed by atoms with E-state index in [1.807, 2.05) is 0 Å². The van der Waals surface area contributed by atoms with Crippen LogP contribution in [0, 0.1) is 0 Å². The monoisotopic (exact) mass is 254 g/mol. The third-order valence-corrected chi connectivity index (χ3v) is 3.96. The van der Waals surface area contributed by atoms with Gasteiger partial charge < -0.3 is 4.90 Å². The Kier molecular flexibility index (Phi) is 3.99. The van der Waals surface area contributed by atoms with Crippen LogP contribution in [0.15, 0.2) is 54.3 Å². The summed E-state index contributed by atoms with van der Waals surface area (Å²) in [6, 6.07) is 10.8. The Bertz CT molecular complexity index is 453. The van der Waals surface area contributed by atoms with Crippen LogP contribution in [0.2, 0.25) is 0 Å². The van der Waals surface area contributed by atoms with Crippen LogP contribution in [0.4, 0.5) is 0 Å². The second kappa shape index (κ2) is 6.07. The highest BCUT2D eigenvalue weighted by atomic mass is 15.3. The number of hydrogen-bond donors (Lipinski definition) is 0. The average Bonchev–Trinajstić information content (AvgIpc) is 2.50. The Balaban J connectivity index is 1.52. The van der Waals surface area contributed by atoms with Gasteiger partial charge in [0.2, 0.25) is 0 Å². The summed E-state index contributed by atoms with van der Waals surface area (Å²) in [4.78, 5) is 5.08. The molecule has 19 heavy (non-hydrogen) atoms. The summed E-state index contributed by atoms with van der Waals surface area (Å²) < 4.78 is 0. The van der Waals surface area contributed by atoms with Gasteiger partial charge in [0.05, 0.1) is 0 Å². The molecule has 0 spiro atoms. The first-order chi connectivity index (χ1) is 9.42. The third kappa shape index (κ3) is 3.27. The minimum Gasteiger partial charge on any atom is -0.369 e. The van der Waals surface area contributed by atoms with E-state index in [-0.39, 0.29) is 0 Å². The van der Waals surface area contributed by atoms with Crippen molar-refractivity contribution >= 4 is 0 Å². The van der Waals surface area contributed by atoms with Crippen molar-refractivity contribution in [1.82, 2.24) is 9.80 Å². The molecule has 0 aromatic heterocycles. The van der Waals surface area contributed by atoms with Crippen molar-refractivity contribution in [3.05, 3.63) is 59.8 Å². The fourth-order valence-electron chi connectivity index (χ4n) is 2.84. The molecule has 2 nitrogen and oxygen atoms in total. The van der Waals surface area contributed by atoms with Gasteiger partial charge in [-0.25, -0.2) is 0 Å². The van der Waals surface area contributed by atoms with Crippen LogP contribution in [-0.4, -0.2) is 36.0 Å². The lowest BCUT2D eigenvalue weighted by Gasteiger charge is -2.37. The van der Waals surface area contributed by atoms with Crippen LogP contribution in [0.5, 0.6) is 0 Å². The van der Waals surface area contributed by atoms with E-state index in [2.05, 4.69) is 58.4 Å². The summed E-state index contributed by atoms with van der Waals surface area (Å²) >= 11 is 0. The normalized spacial score (nSPS) is 20.4. The summed E-state index contributed by atoms with van der Waals surface area (Å²) in [6.07, 6.45) is 9.38. The molecule has 3 rings (SSSR count). The van der Waals surface area contributed by atoms with Gasteiger partial charge in [0, 0.05) is 38.4 Å². The highest BCUT2D eigenvalue weighted by Gasteiger charge is 2.18. The van der Waals surface area contributed by atoms with Crippen LogP contribution >= 0.6 is 0 Å². The summed E-state index contributed by atoms with van der Waals surface area (Å²) in [5, 5.41) is 0. The molecule has 1 aliphatic heterocycles. The van der Waals surface area contributed by atoms with Gasteiger partial charge in [-0.05, 0) is 24.5 Å². The van der Waals surface area contributed by atoms with Crippen molar-refractivity contribution in [2.45, 2.75) is 19.4 Å². The van der Waals surface area contributed by atoms with Gasteiger partial charge in [-0.15, -0.1) is 0 Å². The van der Waals surface area contributed by atoms with Gasteiger partial charge in [0.1, 0.15) is 0 Å². The lowest BCUT2D eigenvalue weighted by atomic mass is 10.1. The smallest absolute Gasteiger partial charge is 0.0323 e. The number of hydrogen-bond acceptors (Lipinski definition) is 2. The molecule has 1 aromatic carbocycles. The molecule has 0 N–H and O–H groups in total. The first kappa shape index (κ1) is 12.5. The maximum absolute atomic E-state index is 2.55. The number of allylic oxidation sites excluding steroid dienone is 3. The predicted octanol–water partition coefficient (Wildman–Crippen LogP) is 3.04. The van der Waals surface area contributed by atoms with Crippen molar-refractivity contribution in [2.75, 3.05) is 26.2 Å². The van der Waals surface area contributed by atoms with Crippen LogP contribution in [0.1, 0.15) is 18.4 Å². The number of benzene rings is 1. The second-order valence-electron chi connectivity index (χ2n) is 5.36. The molecule has 0 radical (unpaired) electrons. The minimum absolute atomic E-state index is 1.09. The van der Waals surface area contributed by atoms with E-state index in [1.165, 1.54) is 37.2 Å². The molecule has 1 heterocycles. The number of nitrogens with zero attached hydrogens (tertiary/aromatic N) is 2. The van der Waals surface area contributed by atoms with E-state index >= 15 is 0 Å². The largest absolute Gasteiger partial charge is 0.369 e. The van der Waals surface area contributed by atoms with Gasteiger partial charge in [0.25, 0.3) is 0 Å². The Labute approximate surface area is 116 Å².